The third-order valence-electron chi connectivity index (χ3n) is 8.19. The number of aliphatic hydroxyl groups is 1. The largest absolute Gasteiger partial charge is 0.390 e. The Bertz CT molecular complexity index is 1840. The van der Waals surface area contributed by atoms with Gasteiger partial charge in [-0.2, -0.15) is 5.10 Å². The van der Waals surface area contributed by atoms with Crippen LogP contribution in [-0.4, -0.2) is 52.3 Å². The molecule has 1 N–H and O–H groups in total. The molecule has 1 fully saturated rings. The molecule has 1 aliphatic rings. The SMILES string of the molecule is Cn1cc(-c2cc3nc(C(C)(C)C)n(-c4cc(N5CCC(C)(O)CC5)c5c(c4)n(C)c(=O)n5C)c3cc2Cl)cn1. The first-order chi connectivity index (χ1) is 18.7. The molecule has 0 radical (unpaired) electrons. The van der Waals surface area contributed by atoms with Crippen molar-refractivity contribution in [1.29, 1.82) is 0 Å². The van der Waals surface area contributed by atoms with Crippen LogP contribution >= 0.6 is 11.6 Å². The number of anilines is 1. The Balaban J connectivity index is 1.63. The molecule has 10 heteroatoms. The second-order valence-electron chi connectivity index (χ2n) is 12.5. The number of hydrogen-bond acceptors (Lipinski definition) is 5. The third-order valence-corrected chi connectivity index (χ3v) is 8.51. The van der Waals surface area contributed by atoms with Crippen LogP contribution in [0.4, 0.5) is 5.69 Å². The van der Waals surface area contributed by atoms with Crippen molar-refractivity contribution in [2.24, 2.45) is 21.1 Å². The van der Waals surface area contributed by atoms with Crippen molar-refractivity contribution in [3.63, 3.8) is 0 Å². The van der Waals surface area contributed by atoms with Gasteiger partial charge in [-0.25, -0.2) is 9.78 Å². The molecular weight excluding hydrogens is 526 g/mol. The first-order valence-electron chi connectivity index (χ1n) is 13.6. The van der Waals surface area contributed by atoms with E-state index in [2.05, 4.69) is 47.5 Å². The molecular formula is C30H36ClN7O2. The van der Waals surface area contributed by atoms with E-state index in [-0.39, 0.29) is 11.1 Å². The molecule has 0 atom stereocenters. The molecule has 2 aromatic carbocycles. The molecule has 40 heavy (non-hydrogen) atoms. The second-order valence-corrected chi connectivity index (χ2v) is 12.9. The summed E-state index contributed by atoms with van der Waals surface area (Å²) in [4.78, 5) is 20.5. The van der Waals surface area contributed by atoms with Gasteiger partial charge in [0.1, 0.15) is 5.82 Å². The van der Waals surface area contributed by atoms with E-state index in [0.29, 0.717) is 31.0 Å². The average Bonchev–Trinajstić information content (AvgIpc) is 3.54. The lowest BCUT2D eigenvalue weighted by Gasteiger charge is -2.37. The zero-order chi connectivity index (χ0) is 28.7. The fourth-order valence-electron chi connectivity index (χ4n) is 5.86. The molecule has 210 valence electrons. The Morgan fingerprint density at radius 1 is 1.00 bits per heavy atom. The van der Waals surface area contributed by atoms with Crippen molar-refractivity contribution < 1.29 is 5.11 Å². The van der Waals surface area contributed by atoms with Gasteiger partial charge in [0.2, 0.25) is 0 Å². The topological polar surface area (TPSA) is 86.0 Å². The fourth-order valence-corrected chi connectivity index (χ4v) is 6.12. The van der Waals surface area contributed by atoms with Crippen LogP contribution in [0.3, 0.4) is 0 Å². The van der Waals surface area contributed by atoms with Crippen LogP contribution in [0, 0.1) is 0 Å². The molecule has 0 saturated carbocycles. The Kier molecular flexibility index (Phi) is 5.98. The number of hydrogen-bond donors (Lipinski definition) is 1. The highest BCUT2D eigenvalue weighted by atomic mass is 35.5. The summed E-state index contributed by atoms with van der Waals surface area (Å²) in [6.07, 6.45) is 5.07. The molecule has 0 spiro atoms. The maximum absolute atomic E-state index is 13.1. The van der Waals surface area contributed by atoms with Gasteiger partial charge in [0.15, 0.2) is 0 Å². The number of benzene rings is 2. The quantitative estimate of drug-likeness (QED) is 0.338. The second kappa shape index (κ2) is 8.97. The zero-order valence-electron chi connectivity index (χ0n) is 24.2. The number of rotatable bonds is 3. The summed E-state index contributed by atoms with van der Waals surface area (Å²) in [6.45, 7) is 9.75. The Labute approximate surface area is 238 Å². The van der Waals surface area contributed by atoms with Gasteiger partial charge in [0, 0.05) is 57.0 Å². The van der Waals surface area contributed by atoms with E-state index in [9.17, 15) is 9.90 Å². The Hall–Kier alpha value is -3.56. The van der Waals surface area contributed by atoms with Gasteiger partial charge in [-0.3, -0.25) is 18.4 Å². The molecule has 0 bridgehead atoms. The van der Waals surface area contributed by atoms with Crippen LogP contribution in [-0.2, 0) is 26.6 Å². The highest BCUT2D eigenvalue weighted by Gasteiger charge is 2.31. The predicted octanol–water partition coefficient (Wildman–Crippen LogP) is 4.92. The van der Waals surface area contributed by atoms with Crippen LogP contribution in [0.2, 0.25) is 5.02 Å². The lowest BCUT2D eigenvalue weighted by Crippen LogP contribution is -2.42. The van der Waals surface area contributed by atoms with Crippen LogP contribution in [0.15, 0.2) is 41.5 Å². The fraction of sp³-hybridized carbons (Fsp3) is 0.433. The first kappa shape index (κ1) is 26.7. The number of aromatic nitrogens is 6. The van der Waals surface area contributed by atoms with E-state index in [0.717, 1.165) is 50.4 Å². The van der Waals surface area contributed by atoms with Crippen LogP contribution in [0.5, 0.6) is 0 Å². The van der Waals surface area contributed by atoms with Gasteiger partial charge in [-0.1, -0.05) is 32.4 Å². The van der Waals surface area contributed by atoms with Gasteiger partial charge < -0.3 is 10.0 Å². The summed E-state index contributed by atoms with van der Waals surface area (Å²) in [6, 6.07) is 8.24. The molecule has 0 amide bonds. The minimum absolute atomic E-state index is 0.0758. The van der Waals surface area contributed by atoms with Crippen molar-refractivity contribution in [2.75, 3.05) is 18.0 Å². The van der Waals surface area contributed by atoms with E-state index in [1.54, 1.807) is 20.0 Å². The third kappa shape index (κ3) is 4.23. The molecule has 5 aromatic rings. The highest BCUT2D eigenvalue weighted by Crippen LogP contribution is 2.39. The molecule has 0 aliphatic carbocycles. The number of nitrogens with zero attached hydrogens (tertiary/aromatic N) is 7. The highest BCUT2D eigenvalue weighted by molar-refractivity contribution is 6.34. The lowest BCUT2D eigenvalue weighted by molar-refractivity contribution is 0.0352. The summed E-state index contributed by atoms with van der Waals surface area (Å²) in [5, 5.41) is 15.6. The van der Waals surface area contributed by atoms with E-state index in [4.69, 9.17) is 16.6 Å². The summed E-state index contributed by atoms with van der Waals surface area (Å²) in [7, 11) is 5.52. The number of aryl methyl sites for hydroxylation is 3. The van der Waals surface area contributed by atoms with Crippen LogP contribution in [0.1, 0.15) is 46.4 Å². The standard InChI is InChI=1S/C30H36ClN7O2/c1-29(2,3)27-33-22-14-20(18-16-32-34(5)17-18)21(31)15-23(22)38(27)19-12-24-26(36(7)28(39)35(24)6)25(13-19)37-10-8-30(4,40)9-11-37/h12-17,40H,8-11H2,1-7H3. The molecule has 1 aliphatic heterocycles. The van der Waals surface area contributed by atoms with Crippen LogP contribution < -0.4 is 10.6 Å². The number of piperidine rings is 1. The van der Waals surface area contributed by atoms with Crippen LogP contribution in [0.25, 0.3) is 38.9 Å². The molecule has 6 rings (SSSR count). The average molecular weight is 562 g/mol. The predicted molar refractivity (Wildman–Crippen MR) is 161 cm³/mol. The Morgan fingerprint density at radius 3 is 2.33 bits per heavy atom. The summed E-state index contributed by atoms with van der Waals surface area (Å²) in [5.41, 5.74) is 6.14. The van der Waals surface area contributed by atoms with E-state index in [1.807, 2.05) is 46.4 Å². The molecule has 0 unspecified atom stereocenters. The molecule has 3 aromatic heterocycles. The maximum Gasteiger partial charge on any atom is 0.328 e. The summed E-state index contributed by atoms with van der Waals surface area (Å²) < 4.78 is 7.35. The van der Waals surface area contributed by atoms with Crippen molar-refractivity contribution in [3.05, 3.63) is 58.0 Å². The van der Waals surface area contributed by atoms with Crippen molar-refractivity contribution in [3.8, 4) is 16.8 Å². The number of fused-ring (bicyclic) bond motifs is 2. The summed E-state index contributed by atoms with van der Waals surface area (Å²) in [5.74, 6) is 0.898. The van der Waals surface area contributed by atoms with Crippen molar-refractivity contribution in [2.45, 2.75) is 51.6 Å². The van der Waals surface area contributed by atoms with Crippen molar-refractivity contribution >= 4 is 39.4 Å². The summed E-state index contributed by atoms with van der Waals surface area (Å²) >= 11 is 6.90. The minimum atomic E-state index is -0.682. The Morgan fingerprint density at radius 2 is 1.70 bits per heavy atom. The van der Waals surface area contributed by atoms with E-state index in [1.165, 1.54) is 0 Å². The maximum atomic E-state index is 13.1. The number of imidazole rings is 2. The smallest absolute Gasteiger partial charge is 0.328 e. The zero-order valence-corrected chi connectivity index (χ0v) is 24.9. The van der Waals surface area contributed by atoms with E-state index < -0.39 is 5.60 Å². The monoisotopic (exact) mass is 561 g/mol. The van der Waals surface area contributed by atoms with Gasteiger partial charge in [-0.15, -0.1) is 0 Å². The molecule has 9 nitrogen and oxygen atoms in total. The number of halogens is 1. The first-order valence-corrected chi connectivity index (χ1v) is 14.0. The van der Waals surface area contributed by atoms with Gasteiger partial charge in [0.05, 0.1) is 50.3 Å². The van der Waals surface area contributed by atoms with Crippen molar-refractivity contribution in [1.82, 2.24) is 28.5 Å². The normalized spacial score (nSPS) is 16.0. The minimum Gasteiger partial charge on any atom is -0.390 e. The lowest BCUT2D eigenvalue weighted by atomic mass is 9.93. The van der Waals surface area contributed by atoms with Gasteiger partial charge in [0.25, 0.3) is 0 Å². The van der Waals surface area contributed by atoms with E-state index >= 15 is 0 Å². The molecule has 1 saturated heterocycles. The van der Waals surface area contributed by atoms with Gasteiger partial charge >= 0.3 is 5.69 Å². The molecule has 4 heterocycles. The van der Waals surface area contributed by atoms with Gasteiger partial charge in [-0.05, 0) is 44.0 Å².